The molecule has 0 spiro atoms. The molecule has 3 heteroatoms. The molecule has 1 N–H and O–H groups in total. The van der Waals surface area contributed by atoms with E-state index in [1.54, 1.807) is 0 Å². The van der Waals surface area contributed by atoms with E-state index in [-0.39, 0.29) is 0 Å². The second-order valence-electron chi connectivity index (χ2n) is 7.18. The average Bonchev–Trinajstić information content (AvgIpc) is 3.16. The Kier molecular flexibility index (Phi) is 9.25. The Balaban J connectivity index is 1.65. The maximum atomic E-state index is 8.80. The van der Waals surface area contributed by atoms with Gasteiger partial charge in [0.2, 0.25) is 0 Å². The summed E-state index contributed by atoms with van der Waals surface area (Å²) in [6, 6.07) is 0. The van der Waals surface area contributed by atoms with Gasteiger partial charge >= 0.3 is 0 Å². The molecule has 2 bridgehead atoms. The molecule has 3 nitrogen and oxygen atoms in total. The summed E-state index contributed by atoms with van der Waals surface area (Å²) in [6.45, 7) is 4.36. The van der Waals surface area contributed by atoms with E-state index in [0.29, 0.717) is 30.7 Å². The van der Waals surface area contributed by atoms with Gasteiger partial charge in [0.1, 0.15) is 0 Å². The fourth-order valence-electron chi connectivity index (χ4n) is 4.02. The lowest BCUT2D eigenvalue weighted by Crippen LogP contribution is -2.30. The van der Waals surface area contributed by atoms with E-state index in [4.69, 9.17) is 14.6 Å². The van der Waals surface area contributed by atoms with Gasteiger partial charge in [-0.1, -0.05) is 38.3 Å². The van der Waals surface area contributed by atoms with Crippen LogP contribution in [0.4, 0.5) is 0 Å². The number of aliphatic hydroxyl groups is 1. The van der Waals surface area contributed by atoms with Gasteiger partial charge in [-0.05, 0) is 50.9 Å². The quantitative estimate of drug-likeness (QED) is 0.401. The van der Waals surface area contributed by atoms with E-state index < -0.39 is 0 Å². The Morgan fingerprint density at radius 3 is 2.61 bits per heavy atom. The SMILES string of the molecule is CCCCCCOC[C@@H]1[C@H](CC=CCCCCO)[C@@H]2CC[C@H]1O2. The molecular weight excluding hydrogens is 288 g/mol. The second-order valence-corrected chi connectivity index (χ2v) is 7.18. The van der Waals surface area contributed by atoms with E-state index in [9.17, 15) is 0 Å². The van der Waals surface area contributed by atoms with Crippen molar-refractivity contribution >= 4 is 0 Å². The number of ether oxygens (including phenoxy) is 2. The molecule has 0 aromatic carbocycles. The minimum atomic E-state index is 0.311. The Morgan fingerprint density at radius 1 is 1.00 bits per heavy atom. The lowest BCUT2D eigenvalue weighted by atomic mass is 9.78. The standard InChI is InChI=1S/C20H36O3/c1-2-3-4-10-15-22-16-18-17(19-12-13-20(18)23-19)11-8-6-5-7-9-14-21/h6,8,17-21H,2-5,7,9-16H2,1H3/t17-,18+,19-,20+/m0/s1. The van der Waals surface area contributed by atoms with Crippen molar-refractivity contribution in [2.45, 2.75) is 83.3 Å². The van der Waals surface area contributed by atoms with Crippen LogP contribution in [0.15, 0.2) is 12.2 Å². The Bertz CT molecular complexity index is 329. The molecule has 2 aliphatic heterocycles. The average molecular weight is 325 g/mol. The third kappa shape index (κ3) is 6.21. The smallest absolute Gasteiger partial charge is 0.0633 e. The molecule has 0 radical (unpaired) electrons. The van der Waals surface area contributed by atoms with Gasteiger partial charge in [0, 0.05) is 19.1 Å². The Labute approximate surface area is 142 Å². The summed E-state index contributed by atoms with van der Waals surface area (Å²) in [5, 5.41) is 8.80. The number of fused-ring (bicyclic) bond motifs is 2. The first-order valence-electron chi connectivity index (χ1n) is 9.85. The van der Waals surface area contributed by atoms with Gasteiger partial charge in [0.25, 0.3) is 0 Å². The molecule has 0 aromatic heterocycles. The second kappa shape index (κ2) is 11.2. The Hall–Kier alpha value is -0.380. The minimum Gasteiger partial charge on any atom is -0.396 e. The van der Waals surface area contributed by atoms with Crippen molar-refractivity contribution in [1.82, 2.24) is 0 Å². The summed E-state index contributed by atoms with van der Waals surface area (Å²) in [6.07, 6.45) is 17.3. The number of hydrogen-bond acceptors (Lipinski definition) is 3. The maximum absolute atomic E-state index is 8.80. The van der Waals surface area contributed by atoms with Crippen molar-refractivity contribution in [3.05, 3.63) is 12.2 Å². The van der Waals surface area contributed by atoms with Gasteiger partial charge in [-0.3, -0.25) is 0 Å². The Morgan fingerprint density at radius 2 is 1.83 bits per heavy atom. The fourth-order valence-corrected chi connectivity index (χ4v) is 4.02. The summed E-state index contributed by atoms with van der Waals surface area (Å²) < 4.78 is 12.1. The molecule has 134 valence electrons. The topological polar surface area (TPSA) is 38.7 Å². The molecule has 2 saturated heterocycles. The summed E-state index contributed by atoms with van der Waals surface area (Å²) in [7, 11) is 0. The lowest BCUT2D eigenvalue weighted by molar-refractivity contribution is 0.0478. The molecule has 0 aliphatic carbocycles. The molecule has 2 aliphatic rings. The number of allylic oxidation sites excluding steroid dienone is 2. The molecule has 2 fully saturated rings. The molecule has 0 amide bonds. The molecular formula is C20H36O3. The number of aliphatic hydroxyl groups excluding tert-OH is 1. The first kappa shape index (κ1) is 19.0. The number of rotatable bonds is 13. The highest BCUT2D eigenvalue weighted by Gasteiger charge is 2.48. The van der Waals surface area contributed by atoms with Crippen molar-refractivity contribution in [3.8, 4) is 0 Å². The molecule has 0 saturated carbocycles. The zero-order chi connectivity index (χ0) is 16.3. The lowest BCUT2D eigenvalue weighted by Gasteiger charge is -2.27. The predicted molar refractivity (Wildman–Crippen MR) is 94.5 cm³/mol. The summed E-state index contributed by atoms with van der Waals surface area (Å²) in [4.78, 5) is 0. The zero-order valence-electron chi connectivity index (χ0n) is 14.9. The summed E-state index contributed by atoms with van der Waals surface area (Å²) in [5.41, 5.74) is 0. The molecule has 2 rings (SSSR count). The number of unbranched alkanes of at least 4 members (excludes halogenated alkanes) is 5. The molecule has 4 atom stereocenters. The summed E-state index contributed by atoms with van der Waals surface area (Å²) >= 11 is 0. The normalized spacial score (nSPS) is 29.8. The van der Waals surface area contributed by atoms with Crippen LogP contribution in [0.3, 0.4) is 0 Å². The van der Waals surface area contributed by atoms with Gasteiger partial charge < -0.3 is 14.6 Å². The van der Waals surface area contributed by atoms with Crippen molar-refractivity contribution in [2.75, 3.05) is 19.8 Å². The van der Waals surface area contributed by atoms with Gasteiger partial charge in [0.15, 0.2) is 0 Å². The fraction of sp³-hybridized carbons (Fsp3) is 0.900. The molecule has 23 heavy (non-hydrogen) atoms. The van der Waals surface area contributed by atoms with Crippen LogP contribution >= 0.6 is 0 Å². The third-order valence-electron chi connectivity index (χ3n) is 5.40. The van der Waals surface area contributed by atoms with Gasteiger partial charge in [0.05, 0.1) is 18.8 Å². The van der Waals surface area contributed by atoms with Crippen LogP contribution in [0.1, 0.15) is 71.1 Å². The number of hydrogen-bond donors (Lipinski definition) is 1. The van der Waals surface area contributed by atoms with E-state index in [2.05, 4.69) is 19.1 Å². The third-order valence-corrected chi connectivity index (χ3v) is 5.40. The molecule has 0 unspecified atom stereocenters. The highest BCUT2D eigenvalue weighted by atomic mass is 16.5. The molecule has 0 aromatic rings. The van der Waals surface area contributed by atoms with Crippen molar-refractivity contribution in [1.29, 1.82) is 0 Å². The first-order chi connectivity index (χ1) is 11.4. The van der Waals surface area contributed by atoms with E-state index >= 15 is 0 Å². The van der Waals surface area contributed by atoms with E-state index in [0.717, 1.165) is 38.9 Å². The highest BCUT2D eigenvalue weighted by molar-refractivity contribution is 4.99. The zero-order valence-corrected chi connectivity index (χ0v) is 14.9. The van der Waals surface area contributed by atoms with Crippen LogP contribution in [0, 0.1) is 11.8 Å². The summed E-state index contributed by atoms with van der Waals surface area (Å²) in [5.74, 6) is 1.25. The van der Waals surface area contributed by atoms with Gasteiger partial charge in [-0.25, -0.2) is 0 Å². The largest absolute Gasteiger partial charge is 0.396 e. The van der Waals surface area contributed by atoms with Crippen LogP contribution in [-0.4, -0.2) is 37.1 Å². The van der Waals surface area contributed by atoms with Crippen molar-refractivity contribution in [2.24, 2.45) is 11.8 Å². The first-order valence-corrected chi connectivity index (χ1v) is 9.85. The van der Waals surface area contributed by atoms with Crippen molar-refractivity contribution in [3.63, 3.8) is 0 Å². The van der Waals surface area contributed by atoms with Gasteiger partial charge in [-0.15, -0.1) is 0 Å². The van der Waals surface area contributed by atoms with Crippen LogP contribution < -0.4 is 0 Å². The van der Waals surface area contributed by atoms with E-state index in [1.807, 2.05) is 0 Å². The van der Waals surface area contributed by atoms with E-state index in [1.165, 1.54) is 38.5 Å². The maximum Gasteiger partial charge on any atom is 0.0633 e. The minimum absolute atomic E-state index is 0.311. The van der Waals surface area contributed by atoms with Crippen LogP contribution in [0.25, 0.3) is 0 Å². The van der Waals surface area contributed by atoms with Crippen LogP contribution in [-0.2, 0) is 9.47 Å². The van der Waals surface area contributed by atoms with Crippen LogP contribution in [0.5, 0.6) is 0 Å². The monoisotopic (exact) mass is 324 g/mol. The predicted octanol–water partition coefficient (Wildman–Crippen LogP) is 4.49. The molecule has 2 heterocycles. The van der Waals surface area contributed by atoms with Gasteiger partial charge in [-0.2, -0.15) is 0 Å². The van der Waals surface area contributed by atoms with Crippen molar-refractivity contribution < 1.29 is 14.6 Å². The van der Waals surface area contributed by atoms with Crippen LogP contribution in [0.2, 0.25) is 0 Å². The highest BCUT2D eigenvalue weighted by Crippen LogP contribution is 2.45.